The van der Waals surface area contributed by atoms with E-state index >= 15 is 0 Å². The van der Waals surface area contributed by atoms with Gasteiger partial charge in [-0.1, -0.05) is 30.3 Å². The Morgan fingerprint density at radius 2 is 1.87 bits per heavy atom. The highest BCUT2D eigenvalue weighted by Crippen LogP contribution is 2.37. The van der Waals surface area contributed by atoms with Crippen molar-refractivity contribution in [1.29, 1.82) is 0 Å². The molecule has 0 atom stereocenters. The standard InChI is InChI=1S/C19H16FNO2/c20-17-9-16-13(11-22)8-19(23)21(14-6-7-14)18(16)10-15(17)12-4-2-1-3-5-12/h1-5,8-10,14,22H,6-7,11H2. The molecule has 1 N–H and O–H groups in total. The normalized spacial score (nSPS) is 14.3. The third-order valence-corrected chi connectivity index (χ3v) is 4.39. The van der Waals surface area contributed by atoms with E-state index < -0.39 is 0 Å². The molecule has 0 saturated heterocycles. The van der Waals surface area contributed by atoms with Gasteiger partial charge in [-0.2, -0.15) is 0 Å². The molecule has 2 aromatic carbocycles. The molecule has 1 aliphatic rings. The zero-order valence-corrected chi connectivity index (χ0v) is 12.5. The number of aliphatic hydroxyl groups is 1. The minimum absolute atomic E-state index is 0.130. The van der Waals surface area contributed by atoms with Crippen LogP contribution in [0.25, 0.3) is 22.0 Å². The Morgan fingerprint density at radius 1 is 1.13 bits per heavy atom. The van der Waals surface area contributed by atoms with E-state index in [1.165, 1.54) is 12.1 Å². The van der Waals surface area contributed by atoms with Crippen LogP contribution in [0.5, 0.6) is 0 Å². The van der Waals surface area contributed by atoms with Gasteiger partial charge in [0.15, 0.2) is 0 Å². The number of halogens is 1. The second-order valence-corrected chi connectivity index (χ2v) is 5.98. The van der Waals surface area contributed by atoms with E-state index in [0.29, 0.717) is 22.0 Å². The van der Waals surface area contributed by atoms with Crippen LogP contribution in [-0.4, -0.2) is 9.67 Å². The first-order valence-electron chi connectivity index (χ1n) is 7.73. The maximum absolute atomic E-state index is 14.6. The van der Waals surface area contributed by atoms with Gasteiger partial charge in [0.1, 0.15) is 5.82 Å². The van der Waals surface area contributed by atoms with E-state index in [-0.39, 0.29) is 24.0 Å². The summed E-state index contributed by atoms with van der Waals surface area (Å²) in [6.07, 6.45) is 1.93. The SMILES string of the molecule is O=c1cc(CO)c2cc(F)c(-c3ccccc3)cc2n1C1CC1. The van der Waals surface area contributed by atoms with Gasteiger partial charge in [0, 0.05) is 23.1 Å². The Morgan fingerprint density at radius 3 is 2.52 bits per heavy atom. The van der Waals surface area contributed by atoms with Crippen molar-refractivity contribution >= 4 is 10.9 Å². The molecule has 0 bridgehead atoms. The van der Waals surface area contributed by atoms with Crippen LogP contribution >= 0.6 is 0 Å². The third kappa shape index (κ3) is 2.35. The molecule has 1 saturated carbocycles. The number of pyridine rings is 1. The number of aliphatic hydroxyl groups excluding tert-OH is 1. The first-order chi connectivity index (χ1) is 11.2. The van der Waals surface area contributed by atoms with E-state index in [1.807, 2.05) is 30.3 Å². The summed E-state index contributed by atoms with van der Waals surface area (Å²) in [5.74, 6) is -0.348. The molecule has 1 heterocycles. The fourth-order valence-corrected chi connectivity index (χ4v) is 3.11. The number of aromatic nitrogens is 1. The maximum Gasteiger partial charge on any atom is 0.251 e. The monoisotopic (exact) mass is 309 g/mol. The smallest absolute Gasteiger partial charge is 0.251 e. The van der Waals surface area contributed by atoms with Gasteiger partial charge in [0.2, 0.25) is 0 Å². The van der Waals surface area contributed by atoms with Gasteiger partial charge in [-0.25, -0.2) is 4.39 Å². The van der Waals surface area contributed by atoms with Gasteiger partial charge in [-0.05, 0) is 36.1 Å². The highest BCUT2D eigenvalue weighted by atomic mass is 19.1. The van der Waals surface area contributed by atoms with Gasteiger partial charge < -0.3 is 9.67 Å². The fraction of sp³-hybridized carbons (Fsp3) is 0.211. The summed E-state index contributed by atoms with van der Waals surface area (Å²) < 4.78 is 16.3. The van der Waals surface area contributed by atoms with Crippen molar-refractivity contribution in [1.82, 2.24) is 4.57 Å². The molecule has 0 radical (unpaired) electrons. The van der Waals surface area contributed by atoms with Crippen LogP contribution in [0.4, 0.5) is 4.39 Å². The number of hydrogen-bond acceptors (Lipinski definition) is 2. The van der Waals surface area contributed by atoms with Crippen LogP contribution in [0.15, 0.2) is 53.3 Å². The summed E-state index contributed by atoms with van der Waals surface area (Å²) >= 11 is 0. The summed E-state index contributed by atoms with van der Waals surface area (Å²) in [5, 5.41) is 10.1. The molecule has 1 aliphatic carbocycles. The zero-order valence-electron chi connectivity index (χ0n) is 12.5. The highest BCUT2D eigenvalue weighted by molar-refractivity contribution is 5.87. The first kappa shape index (κ1) is 14.2. The van der Waals surface area contributed by atoms with Crippen LogP contribution in [0, 0.1) is 5.82 Å². The highest BCUT2D eigenvalue weighted by Gasteiger charge is 2.27. The van der Waals surface area contributed by atoms with Gasteiger partial charge >= 0.3 is 0 Å². The predicted molar refractivity (Wildman–Crippen MR) is 87.8 cm³/mol. The Hall–Kier alpha value is -2.46. The van der Waals surface area contributed by atoms with Crippen molar-refractivity contribution in [3.8, 4) is 11.1 Å². The number of nitrogens with zero attached hydrogens (tertiary/aromatic N) is 1. The first-order valence-corrected chi connectivity index (χ1v) is 7.73. The number of hydrogen-bond donors (Lipinski definition) is 1. The van der Waals surface area contributed by atoms with Crippen LogP contribution in [0.1, 0.15) is 24.4 Å². The molecule has 1 fully saturated rings. The number of rotatable bonds is 3. The van der Waals surface area contributed by atoms with E-state index in [0.717, 1.165) is 18.4 Å². The van der Waals surface area contributed by atoms with E-state index in [4.69, 9.17) is 0 Å². The Labute approximate surface area is 132 Å². The third-order valence-electron chi connectivity index (χ3n) is 4.39. The average Bonchev–Trinajstić information content (AvgIpc) is 3.39. The lowest BCUT2D eigenvalue weighted by atomic mass is 10.0. The Bertz CT molecular complexity index is 943. The largest absolute Gasteiger partial charge is 0.392 e. The fourth-order valence-electron chi connectivity index (χ4n) is 3.11. The van der Waals surface area contributed by atoms with Crippen LogP contribution < -0.4 is 5.56 Å². The zero-order chi connectivity index (χ0) is 16.0. The van der Waals surface area contributed by atoms with Crippen molar-refractivity contribution in [2.24, 2.45) is 0 Å². The molecule has 3 nitrogen and oxygen atoms in total. The summed E-state index contributed by atoms with van der Waals surface area (Å²) in [5.41, 5.74) is 2.29. The minimum atomic E-state index is -0.348. The predicted octanol–water partition coefficient (Wildman–Crippen LogP) is 3.63. The Balaban J connectivity index is 2.07. The van der Waals surface area contributed by atoms with E-state index in [1.54, 1.807) is 10.6 Å². The second-order valence-electron chi connectivity index (χ2n) is 5.98. The van der Waals surface area contributed by atoms with Crippen LogP contribution in [0.2, 0.25) is 0 Å². The van der Waals surface area contributed by atoms with Crippen molar-refractivity contribution in [2.45, 2.75) is 25.5 Å². The number of benzene rings is 2. The van der Waals surface area contributed by atoms with Gasteiger partial charge in [0.05, 0.1) is 12.1 Å². The quantitative estimate of drug-likeness (QED) is 0.802. The maximum atomic E-state index is 14.6. The topological polar surface area (TPSA) is 42.2 Å². The van der Waals surface area contributed by atoms with Crippen molar-refractivity contribution in [2.75, 3.05) is 0 Å². The van der Waals surface area contributed by atoms with E-state index in [2.05, 4.69) is 0 Å². The van der Waals surface area contributed by atoms with Crippen molar-refractivity contribution in [3.05, 3.63) is 70.3 Å². The molecule has 0 aliphatic heterocycles. The average molecular weight is 309 g/mol. The molecule has 4 rings (SSSR count). The molecular weight excluding hydrogens is 293 g/mol. The lowest BCUT2D eigenvalue weighted by molar-refractivity contribution is 0.283. The lowest BCUT2D eigenvalue weighted by Gasteiger charge is -2.14. The molecule has 23 heavy (non-hydrogen) atoms. The molecular formula is C19H16FNO2. The van der Waals surface area contributed by atoms with Gasteiger partial charge in [-0.3, -0.25) is 4.79 Å². The molecule has 1 aromatic heterocycles. The molecule has 3 aromatic rings. The van der Waals surface area contributed by atoms with Crippen LogP contribution in [0.3, 0.4) is 0 Å². The number of fused-ring (bicyclic) bond motifs is 1. The summed E-state index contributed by atoms with van der Waals surface area (Å²) in [6, 6.07) is 14.1. The molecule has 0 spiro atoms. The second kappa shape index (κ2) is 5.32. The molecule has 4 heteroatoms. The van der Waals surface area contributed by atoms with Crippen molar-refractivity contribution in [3.63, 3.8) is 0 Å². The van der Waals surface area contributed by atoms with Crippen molar-refractivity contribution < 1.29 is 9.50 Å². The lowest BCUT2D eigenvalue weighted by Crippen LogP contribution is -2.20. The summed E-state index contributed by atoms with van der Waals surface area (Å²) in [4.78, 5) is 12.4. The summed E-state index contributed by atoms with van der Waals surface area (Å²) in [7, 11) is 0. The summed E-state index contributed by atoms with van der Waals surface area (Å²) in [6.45, 7) is -0.276. The molecule has 116 valence electrons. The van der Waals surface area contributed by atoms with E-state index in [9.17, 15) is 14.3 Å². The minimum Gasteiger partial charge on any atom is -0.392 e. The Kier molecular flexibility index (Phi) is 3.27. The molecule has 0 amide bonds. The molecule has 0 unspecified atom stereocenters. The van der Waals surface area contributed by atoms with Crippen LogP contribution in [-0.2, 0) is 6.61 Å². The van der Waals surface area contributed by atoms with Gasteiger partial charge in [-0.15, -0.1) is 0 Å². The van der Waals surface area contributed by atoms with Gasteiger partial charge in [0.25, 0.3) is 5.56 Å².